The van der Waals surface area contributed by atoms with Crippen LogP contribution in [0.5, 0.6) is 0 Å². The van der Waals surface area contributed by atoms with E-state index in [1.807, 2.05) is 6.92 Å². The number of rotatable bonds is 2. The lowest BCUT2D eigenvalue weighted by Crippen LogP contribution is -2.36. The molecule has 15 heavy (non-hydrogen) atoms. The number of morpholine rings is 1. The van der Waals surface area contributed by atoms with Crippen molar-refractivity contribution in [3.63, 3.8) is 0 Å². The van der Waals surface area contributed by atoms with Gasteiger partial charge in [-0.2, -0.15) is 0 Å². The second-order valence-corrected chi connectivity index (χ2v) is 3.93. The molecule has 2 heteroatoms. The molecule has 0 amide bonds. The van der Waals surface area contributed by atoms with Crippen molar-refractivity contribution >= 4 is 11.3 Å². The van der Waals surface area contributed by atoms with Crippen LogP contribution in [0.15, 0.2) is 30.8 Å². The van der Waals surface area contributed by atoms with Crippen LogP contribution in [0.25, 0.3) is 5.57 Å². The predicted octanol–water partition coefficient (Wildman–Crippen LogP) is 2.56. The summed E-state index contributed by atoms with van der Waals surface area (Å²) in [7, 11) is 0. The van der Waals surface area contributed by atoms with Crippen molar-refractivity contribution in [2.75, 3.05) is 31.2 Å². The maximum Gasteiger partial charge on any atom is 0.0642 e. The molecule has 1 aromatic carbocycles. The minimum absolute atomic E-state index is 0.831. The van der Waals surface area contributed by atoms with Crippen molar-refractivity contribution in [2.45, 2.75) is 6.92 Å². The third kappa shape index (κ3) is 2.39. The molecule has 0 spiro atoms. The Balaban J connectivity index is 2.19. The monoisotopic (exact) mass is 203 g/mol. The zero-order valence-electron chi connectivity index (χ0n) is 9.20. The molecule has 2 nitrogen and oxygen atoms in total. The van der Waals surface area contributed by atoms with Crippen molar-refractivity contribution in [1.29, 1.82) is 0 Å². The maximum absolute atomic E-state index is 5.34. The standard InChI is InChI=1S/C13H17NO/c1-11(2)12-4-3-5-13(10-12)14-6-8-15-9-7-14/h3-5,10H,1,6-9H2,2H3. The van der Waals surface area contributed by atoms with E-state index in [9.17, 15) is 0 Å². The first-order valence-corrected chi connectivity index (χ1v) is 5.36. The van der Waals surface area contributed by atoms with E-state index in [1.165, 1.54) is 11.3 Å². The van der Waals surface area contributed by atoms with Crippen LogP contribution in [0.3, 0.4) is 0 Å². The molecule has 1 aliphatic heterocycles. The number of hydrogen-bond donors (Lipinski definition) is 0. The molecule has 0 unspecified atom stereocenters. The van der Waals surface area contributed by atoms with E-state index in [1.54, 1.807) is 0 Å². The summed E-state index contributed by atoms with van der Waals surface area (Å²) in [5.41, 5.74) is 3.61. The van der Waals surface area contributed by atoms with Gasteiger partial charge in [-0.1, -0.05) is 24.3 Å². The van der Waals surface area contributed by atoms with Crippen LogP contribution in [-0.2, 0) is 4.74 Å². The summed E-state index contributed by atoms with van der Waals surface area (Å²) < 4.78 is 5.34. The van der Waals surface area contributed by atoms with Gasteiger partial charge < -0.3 is 9.64 Å². The topological polar surface area (TPSA) is 12.5 Å². The van der Waals surface area contributed by atoms with Gasteiger partial charge in [0, 0.05) is 18.8 Å². The zero-order chi connectivity index (χ0) is 10.7. The van der Waals surface area contributed by atoms with E-state index in [0.29, 0.717) is 0 Å². The molecule has 80 valence electrons. The van der Waals surface area contributed by atoms with Crippen molar-refractivity contribution in [3.8, 4) is 0 Å². The molecule has 0 radical (unpaired) electrons. The highest BCUT2D eigenvalue weighted by Crippen LogP contribution is 2.20. The first-order chi connectivity index (χ1) is 7.27. The highest BCUT2D eigenvalue weighted by atomic mass is 16.5. The largest absolute Gasteiger partial charge is 0.378 e. The highest BCUT2D eigenvalue weighted by Gasteiger charge is 2.11. The van der Waals surface area contributed by atoms with Crippen molar-refractivity contribution < 1.29 is 4.74 Å². The molecule has 0 N–H and O–H groups in total. The highest BCUT2D eigenvalue weighted by molar-refractivity contribution is 5.66. The van der Waals surface area contributed by atoms with Crippen molar-refractivity contribution in [1.82, 2.24) is 0 Å². The smallest absolute Gasteiger partial charge is 0.0642 e. The summed E-state index contributed by atoms with van der Waals surface area (Å²) in [6, 6.07) is 8.55. The molecular weight excluding hydrogens is 186 g/mol. The molecule has 0 aromatic heterocycles. The average molecular weight is 203 g/mol. The summed E-state index contributed by atoms with van der Waals surface area (Å²) in [4.78, 5) is 2.36. The molecule has 2 rings (SSSR count). The lowest BCUT2D eigenvalue weighted by atomic mass is 10.1. The van der Waals surface area contributed by atoms with Gasteiger partial charge in [-0.25, -0.2) is 0 Å². The van der Waals surface area contributed by atoms with Gasteiger partial charge in [0.1, 0.15) is 0 Å². The van der Waals surface area contributed by atoms with Crippen LogP contribution in [0.2, 0.25) is 0 Å². The van der Waals surface area contributed by atoms with Crippen LogP contribution < -0.4 is 4.90 Å². The number of hydrogen-bond acceptors (Lipinski definition) is 2. The van der Waals surface area contributed by atoms with Gasteiger partial charge in [-0.15, -0.1) is 0 Å². The second kappa shape index (κ2) is 4.49. The van der Waals surface area contributed by atoms with Crippen LogP contribution in [0.1, 0.15) is 12.5 Å². The molecule has 1 aromatic rings. The van der Waals surface area contributed by atoms with Crippen molar-refractivity contribution in [3.05, 3.63) is 36.4 Å². The van der Waals surface area contributed by atoms with Crippen LogP contribution in [-0.4, -0.2) is 26.3 Å². The Hall–Kier alpha value is -1.28. The van der Waals surface area contributed by atoms with E-state index in [-0.39, 0.29) is 0 Å². The minimum atomic E-state index is 0.831. The van der Waals surface area contributed by atoms with Crippen LogP contribution in [0, 0.1) is 0 Å². The van der Waals surface area contributed by atoms with Gasteiger partial charge in [0.05, 0.1) is 13.2 Å². The Morgan fingerprint density at radius 3 is 2.73 bits per heavy atom. The van der Waals surface area contributed by atoms with E-state index in [0.717, 1.165) is 31.9 Å². The molecule has 1 saturated heterocycles. The summed E-state index contributed by atoms with van der Waals surface area (Å²) in [5.74, 6) is 0. The van der Waals surface area contributed by atoms with E-state index < -0.39 is 0 Å². The fourth-order valence-corrected chi connectivity index (χ4v) is 1.79. The van der Waals surface area contributed by atoms with Crippen LogP contribution >= 0.6 is 0 Å². The van der Waals surface area contributed by atoms with Gasteiger partial charge in [-0.3, -0.25) is 0 Å². The van der Waals surface area contributed by atoms with E-state index in [4.69, 9.17) is 4.74 Å². The zero-order valence-corrected chi connectivity index (χ0v) is 9.20. The normalized spacial score (nSPS) is 16.5. The third-order valence-corrected chi connectivity index (χ3v) is 2.72. The molecule has 0 atom stereocenters. The predicted molar refractivity (Wildman–Crippen MR) is 64.2 cm³/mol. The first kappa shape index (κ1) is 10.2. The van der Waals surface area contributed by atoms with E-state index >= 15 is 0 Å². The summed E-state index contributed by atoms with van der Waals surface area (Å²) in [5, 5.41) is 0. The SMILES string of the molecule is C=C(C)c1cccc(N2CCOCC2)c1. The van der Waals surface area contributed by atoms with Gasteiger partial charge in [0.15, 0.2) is 0 Å². The summed E-state index contributed by atoms with van der Waals surface area (Å²) in [6.45, 7) is 9.64. The fourth-order valence-electron chi connectivity index (χ4n) is 1.79. The molecule has 0 bridgehead atoms. The minimum Gasteiger partial charge on any atom is -0.378 e. The number of allylic oxidation sites excluding steroid dienone is 1. The summed E-state index contributed by atoms with van der Waals surface area (Å²) in [6.07, 6.45) is 0. The Morgan fingerprint density at radius 1 is 1.33 bits per heavy atom. The molecule has 1 aliphatic rings. The van der Waals surface area contributed by atoms with Gasteiger partial charge in [-0.05, 0) is 24.6 Å². The van der Waals surface area contributed by atoms with Crippen LogP contribution in [0.4, 0.5) is 5.69 Å². The Bertz CT molecular complexity index is 353. The number of ether oxygens (including phenoxy) is 1. The van der Waals surface area contributed by atoms with Crippen molar-refractivity contribution in [2.24, 2.45) is 0 Å². The lowest BCUT2D eigenvalue weighted by Gasteiger charge is -2.29. The Kier molecular flexibility index (Phi) is 3.07. The first-order valence-electron chi connectivity index (χ1n) is 5.36. The fraction of sp³-hybridized carbons (Fsp3) is 0.385. The molecule has 0 aliphatic carbocycles. The van der Waals surface area contributed by atoms with E-state index in [2.05, 4.69) is 35.7 Å². The van der Waals surface area contributed by atoms with Gasteiger partial charge in [0.25, 0.3) is 0 Å². The molecular formula is C13H17NO. The Morgan fingerprint density at radius 2 is 2.07 bits per heavy atom. The number of nitrogens with zero attached hydrogens (tertiary/aromatic N) is 1. The summed E-state index contributed by atoms with van der Waals surface area (Å²) >= 11 is 0. The number of benzene rings is 1. The molecule has 0 saturated carbocycles. The lowest BCUT2D eigenvalue weighted by molar-refractivity contribution is 0.122. The molecule has 1 heterocycles. The quantitative estimate of drug-likeness (QED) is 0.732. The molecule has 1 fully saturated rings. The van der Waals surface area contributed by atoms with Gasteiger partial charge >= 0.3 is 0 Å². The average Bonchev–Trinajstić information content (AvgIpc) is 2.30. The number of anilines is 1. The maximum atomic E-state index is 5.34. The third-order valence-electron chi connectivity index (χ3n) is 2.72. The Labute approximate surface area is 91.2 Å². The second-order valence-electron chi connectivity index (χ2n) is 3.93. The van der Waals surface area contributed by atoms with Gasteiger partial charge in [0.2, 0.25) is 0 Å².